The second-order valence-electron chi connectivity index (χ2n) is 9.79. The molecule has 1 saturated heterocycles. The molecule has 1 fully saturated rings. The van der Waals surface area contributed by atoms with Gasteiger partial charge in [0.25, 0.3) is 5.56 Å². The molecule has 220 valence electrons. The predicted octanol–water partition coefficient (Wildman–Crippen LogP) is 1.33. The van der Waals surface area contributed by atoms with Crippen LogP contribution in [0.25, 0.3) is 10.8 Å². The van der Waals surface area contributed by atoms with Gasteiger partial charge in [-0.15, -0.1) is 0 Å². The van der Waals surface area contributed by atoms with Crippen molar-refractivity contribution in [1.29, 1.82) is 0 Å². The highest BCUT2D eigenvalue weighted by molar-refractivity contribution is 6.12. The number of carbonyl (C=O) groups is 4. The van der Waals surface area contributed by atoms with Gasteiger partial charge in [0.05, 0.1) is 23.3 Å². The fraction of sp³-hybridized carbons (Fsp3) is 0.480. The van der Waals surface area contributed by atoms with E-state index in [1.165, 1.54) is 30.9 Å². The second kappa shape index (κ2) is 11.5. The highest BCUT2D eigenvalue weighted by Crippen LogP contribution is 2.46. The Labute approximate surface area is 232 Å². The fourth-order valence-electron chi connectivity index (χ4n) is 4.42. The summed E-state index contributed by atoms with van der Waals surface area (Å²) in [6, 6.07) is 1.05. The van der Waals surface area contributed by atoms with Gasteiger partial charge in [0.1, 0.15) is 29.9 Å². The highest BCUT2D eigenvalue weighted by atomic mass is 16.7. The number of ether oxygens (including phenoxy) is 5. The molecule has 4 atom stereocenters. The van der Waals surface area contributed by atoms with E-state index >= 15 is 0 Å². The molecule has 4 rings (SSSR count). The van der Waals surface area contributed by atoms with Crippen molar-refractivity contribution in [3.05, 3.63) is 22.6 Å². The number of esters is 3. The number of hydrogen-bond donors (Lipinski definition) is 3. The number of hydrogen-bond acceptors (Lipinski definition) is 14. The topological polar surface area (TPSA) is 206 Å². The first-order valence-electron chi connectivity index (χ1n) is 12.5. The number of aromatic nitrogens is 2. The van der Waals surface area contributed by atoms with Gasteiger partial charge in [-0.1, -0.05) is 13.8 Å². The lowest BCUT2D eigenvalue weighted by atomic mass is 9.96. The molecule has 2 aromatic rings. The maximum absolute atomic E-state index is 12.5. The minimum absolute atomic E-state index is 0.0338. The van der Waals surface area contributed by atoms with Gasteiger partial charge >= 0.3 is 24.0 Å². The molecule has 4 heterocycles. The van der Waals surface area contributed by atoms with Gasteiger partial charge in [-0.25, -0.2) is 9.79 Å². The molecule has 16 heteroatoms. The summed E-state index contributed by atoms with van der Waals surface area (Å²) in [4.78, 5) is 68.2. The van der Waals surface area contributed by atoms with Crippen molar-refractivity contribution in [3.63, 3.8) is 0 Å². The van der Waals surface area contributed by atoms with Gasteiger partial charge in [0.15, 0.2) is 12.3 Å². The molecule has 0 aromatic carbocycles. The fourth-order valence-corrected chi connectivity index (χ4v) is 4.42. The van der Waals surface area contributed by atoms with E-state index in [0.717, 1.165) is 13.0 Å². The lowest BCUT2D eigenvalue weighted by Crippen LogP contribution is -2.47. The maximum atomic E-state index is 12.5. The van der Waals surface area contributed by atoms with E-state index < -0.39 is 66.3 Å². The Balaban J connectivity index is 1.74. The summed E-state index contributed by atoms with van der Waals surface area (Å²) >= 11 is 0. The monoisotopic (exact) mass is 575 g/mol. The number of aliphatic hydroxyl groups is 1. The summed E-state index contributed by atoms with van der Waals surface area (Å²) in [5, 5.41) is 17.3. The summed E-state index contributed by atoms with van der Waals surface area (Å²) < 4.78 is 27.6. The number of anilines is 2. The third-order valence-corrected chi connectivity index (χ3v) is 6.22. The standard InChI is InChI=1S/C25H29N5O11/c1-11(2)22(34)38-10-39-24(35)28-15-6-17(33)29-20-18-14(15)7-30(21(18)27-9-26-20)23-25(5,36)19(40-13(4)32)16(41-23)8-37-12(3)31/h6-7,9,11,16,19,23,36H,8,10H2,1-5H3,(H,28,35)(H,26,27,29,33). The lowest BCUT2D eigenvalue weighted by molar-refractivity contribution is -0.163. The SMILES string of the molecule is CC(=O)OCC1OC(n2cc3c(NC(=O)OCOC(=O)C(C)C)cc(=O)nc4c3c2N=CN4)C(C)(O)C1OC(C)=O. The van der Waals surface area contributed by atoms with Crippen LogP contribution in [0.4, 0.5) is 22.1 Å². The van der Waals surface area contributed by atoms with E-state index in [2.05, 4.69) is 20.6 Å². The predicted molar refractivity (Wildman–Crippen MR) is 140 cm³/mol. The van der Waals surface area contributed by atoms with Gasteiger partial charge < -0.3 is 38.7 Å². The van der Waals surface area contributed by atoms with Gasteiger partial charge in [0, 0.05) is 31.5 Å². The molecule has 2 aliphatic heterocycles. The Kier molecular flexibility index (Phi) is 8.25. The number of amides is 1. The van der Waals surface area contributed by atoms with Crippen molar-refractivity contribution in [1.82, 2.24) is 9.55 Å². The van der Waals surface area contributed by atoms with E-state index in [1.807, 2.05) is 0 Å². The molecule has 3 N–H and O–H groups in total. The number of carbonyl (C=O) groups excluding carboxylic acids is 4. The zero-order valence-electron chi connectivity index (χ0n) is 22.8. The Morgan fingerprint density at radius 2 is 1.93 bits per heavy atom. The van der Waals surface area contributed by atoms with Crippen molar-refractivity contribution in [2.24, 2.45) is 10.9 Å². The molecule has 2 aliphatic rings. The molecule has 0 aliphatic carbocycles. The van der Waals surface area contributed by atoms with Crippen LogP contribution in [0.1, 0.15) is 40.8 Å². The zero-order valence-corrected chi connectivity index (χ0v) is 22.8. The van der Waals surface area contributed by atoms with Gasteiger partial charge in [-0.2, -0.15) is 4.98 Å². The molecule has 16 nitrogen and oxygen atoms in total. The van der Waals surface area contributed by atoms with E-state index in [0.29, 0.717) is 0 Å². The third-order valence-electron chi connectivity index (χ3n) is 6.22. The van der Waals surface area contributed by atoms with Crippen LogP contribution in [0.2, 0.25) is 0 Å². The van der Waals surface area contributed by atoms with Crippen LogP contribution in [-0.2, 0) is 38.1 Å². The molecular formula is C25H29N5O11. The van der Waals surface area contributed by atoms with Crippen molar-refractivity contribution in [3.8, 4) is 0 Å². The Hall–Kier alpha value is -4.57. The largest absolute Gasteiger partial charge is 0.463 e. The van der Waals surface area contributed by atoms with Gasteiger partial charge in [0.2, 0.25) is 6.79 Å². The third kappa shape index (κ3) is 6.12. The number of nitrogens with zero attached hydrogens (tertiary/aromatic N) is 3. The van der Waals surface area contributed by atoms with Crippen LogP contribution in [0.5, 0.6) is 0 Å². The molecule has 0 bridgehead atoms. The number of rotatable bonds is 8. The highest BCUT2D eigenvalue weighted by Gasteiger charge is 2.56. The van der Waals surface area contributed by atoms with Crippen LogP contribution in [0.15, 0.2) is 22.1 Å². The minimum Gasteiger partial charge on any atom is -0.463 e. The average molecular weight is 576 g/mol. The summed E-state index contributed by atoms with van der Waals surface area (Å²) in [6.07, 6.45) is -1.84. The first-order chi connectivity index (χ1) is 19.3. The van der Waals surface area contributed by atoms with Crippen molar-refractivity contribution < 1.29 is 48.0 Å². The Bertz CT molecular complexity index is 1480. The zero-order chi connectivity index (χ0) is 30.1. The Morgan fingerprint density at radius 1 is 1.20 bits per heavy atom. The van der Waals surface area contributed by atoms with Crippen molar-refractivity contribution in [2.75, 3.05) is 24.0 Å². The quantitative estimate of drug-likeness (QED) is 0.231. The lowest BCUT2D eigenvalue weighted by Gasteiger charge is -2.30. The smallest absolute Gasteiger partial charge is 0.414 e. The van der Waals surface area contributed by atoms with Gasteiger partial charge in [-0.05, 0) is 6.92 Å². The van der Waals surface area contributed by atoms with E-state index in [-0.39, 0.29) is 34.7 Å². The maximum Gasteiger partial charge on any atom is 0.414 e. The van der Waals surface area contributed by atoms with Gasteiger partial charge in [-0.3, -0.25) is 24.5 Å². The normalized spacial score (nSPS) is 22.7. The average Bonchev–Trinajstić information content (AvgIpc) is 3.32. The number of aliphatic imine (C=N–C) groups is 1. The van der Waals surface area contributed by atoms with E-state index in [1.54, 1.807) is 13.8 Å². The summed E-state index contributed by atoms with van der Waals surface area (Å²) in [5.74, 6) is -2.01. The van der Waals surface area contributed by atoms with Crippen LogP contribution in [-0.4, -0.2) is 76.2 Å². The molecule has 0 spiro atoms. The summed E-state index contributed by atoms with van der Waals surface area (Å²) in [5.41, 5.74) is -2.61. The number of nitrogens with one attached hydrogen (secondary N) is 2. The van der Waals surface area contributed by atoms with E-state index in [4.69, 9.17) is 23.7 Å². The molecule has 4 unspecified atom stereocenters. The van der Waals surface area contributed by atoms with Crippen LogP contribution >= 0.6 is 0 Å². The molecule has 0 saturated carbocycles. The minimum atomic E-state index is -1.87. The van der Waals surface area contributed by atoms with Crippen LogP contribution in [0, 0.1) is 5.92 Å². The van der Waals surface area contributed by atoms with Crippen molar-refractivity contribution in [2.45, 2.75) is 58.7 Å². The Morgan fingerprint density at radius 3 is 2.59 bits per heavy atom. The first-order valence-corrected chi connectivity index (χ1v) is 12.5. The molecule has 41 heavy (non-hydrogen) atoms. The molecular weight excluding hydrogens is 546 g/mol. The van der Waals surface area contributed by atoms with Crippen LogP contribution < -0.4 is 16.2 Å². The van der Waals surface area contributed by atoms with Crippen LogP contribution in [0.3, 0.4) is 0 Å². The second-order valence-corrected chi connectivity index (χ2v) is 9.79. The summed E-state index contributed by atoms with van der Waals surface area (Å²) in [7, 11) is 0. The first kappa shape index (κ1) is 29.4. The molecule has 0 radical (unpaired) electrons. The van der Waals surface area contributed by atoms with Crippen molar-refractivity contribution >= 4 is 58.4 Å². The molecule has 1 amide bonds. The molecule has 2 aromatic heterocycles. The van der Waals surface area contributed by atoms with E-state index in [9.17, 15) is 29.1 Å². The summed E-state index contributed by atoms with van der Waals surface area (Å²) in [6.45, 7) is 6.00.